The highest BCUT2D eigenvalue weighted by Gasteiger charge is 2.08. The van der Waals surface area contributed by atoms with Crippen molar-refractivity contribution in [2.75, 3.05) is 7.11 Å². The van der Waals surface area contributed by atoms with Crippen LogP contribution >= 0.6 is 0 Å². The van der Waals surface area contributed by atoms with E-state index >= 15 is 0 Å². The van der Waals surface area contributed by atoms with Crippen molar-refractivity contribution in [3.8, 4) is 0 Å². The zero-order valence-corrected chi connectivity index (χ0v) is 5.87. The summed E-state index contributed by atoms with van der Waals surface area (Å²) in [5.41, 5.74) is 0. The second-order valence-electron chi connectivity index (χ2n) is 1.84. The Morgan fingerprint density at radius 2 is 2.55 bits per heavy atom. The fraction of sp³-hybridized carbons (Fsp3) is 0.400. The first-order valence-electron chi connectivity index (χ1n) is 2.87. The van der Waals surface area contributed by atoms with Crippen LogP contribution in [0, 0.1) is 0 Å². The Kier molecular flexibility index (Phi) is 2.17. The van der Waals surface area contributed by atoms with Crippen LogP contribution in [0.15, 0.2) is 0 Å². The smallest absolute Gasteiger partial charge is 0.375 e. The first-order valence-corrected chi connectivity index (χ1v) is 2.87. The second-order valence-corrected chi connectivity index (χ2v) is 1.84. The first-order chi connectivity index (χ1) is 5.24. The van der Waals surface area contributed by atoms with Crippen molar-refractivity contribution >= 4 is 5.97 Å². The maximum absolute atomic E-state index is 10.2. The number of aromatic amines is 1. The first kappa shape index (κ1) is 7.67. The van der Waals surface area contributed by atoms with E-state index in [1.807, 2.05) is 0 Å². The van der Waals surface area contributed by atoms with Crippen molar-refractivity contribution in [1.29, 1.82) is 0 Å². The molecule has 6 heteroatoms. The van der Waals surface area contributed by atoms with Crippen LogP contribution in [0.2, 0.25) is 0 Å². The third kappa shape index (κ3) is 1.74. The predicted octanol–water partition coefficient (Wildman–Crippen LogP) is -0.351. The van der Waals surface area contributed by atoms with Crippen molar-refractivity contribution in [1.82, 2.24) is 15.2 Å². The molecule has 11 heavy (non-hydrogen) atoms. The van der Waals surface area contributed by atoms with E-state index in [1.54, 1.807) is 0 Å². The number of nitrogens with one attached hydrogen (secondary N) is 1. The molecule has 1 rings (SSSR count). The molecule has 6 nitrogen and oxygen atoms in total. The third-order valence-corrected chi connectivity index (χ3v) is 1.00. The van der Waals surface area contributed by atoms with Gasteiger partial charge in [-0.3, -0.25) is 5.10 Å². The monoisotopic (exact) mass is 157 g/mol. The van der Waals surface area contributed by atoms with Crippen molar-refractivity contribution < 1.29 is 14.6 Å². The van der Waals surface area contributed by atoms with Gasteiger partial charge in [-0.15, -0.1) is 5.10 Å². The quantitative estimate of drug-likeness (QED) is 0.626. The zero-order chi connectivity index (χ0) is 8.27. The zero-order valence-electron chi connectivity index (χ0n) is 5.87. The number of carboxylic acids is 1. The van der Waals surface area contributed by atoms with Crippen LogP contribution < -0.4 is 0 Å². The molecule has 0 atom stereocenters. The van der Waals surface area contributed by atoms with Gasteiger partial charge in [-0.25, -0.2) is 9.78 Å². The van der Waals surface area contributed by atoms with E-state index in [4.69, 9.17) is 9.84 Å². The van der Waals surface area contributed by atoms with Crippen LogP contribution in [0.3, 0.4) is 0 Å². The highest BCUT2D eigenvalue weighted by Crippen LogP contribution is 1.93. The van der Waals surface area contributed by atoms with Crippen LogP contribution in [0.1, 0.15) is 16.4 Å². The molecule has 0 saturated heterocycles. The average Bonchev–Trinajstić information content (AvgIpc) is 2.37. The van der Waals surface area contributed by atoms with Crippen molar-refractivity contribution in [2.24, 2.45) is 0 Å². The number of ether oxygens (including phenoxy) is 1. The van der Waals surface area contributed by atoms with Gasteiger partial charge in [0.2, 0.25) is 0 Å². The summed E-state index contributed by atoms with van der Waals surface area (Å²) in [4.78, 5) is 13.8. The lowest BCUT2D eigenvalue weighted by atomic mass is 10.6. The Morgan fingerprint density at radius 1 is 1.82 bits per heavy atom. The molecule has 0 saturated carbocycles. The predicted molar refractivity (Wildman–Crippen MR) is 34.1 cm³/mol. The normalized spacial score (nSPS) is 9.91. The molecule has 1 aromatic heterocycles. The van der Waals surface area contributed by atoms with Gasteiger partial charge in [-0.2, -0.15) is 0 Å². The van der Waals surface area contributed by atoms with Crippen LogP contribution in [0.4, 0.5) is 0 Å². The van der Waals surface area contributed by atoms with E-state index in [0.29, 0.717) is 5.82 Å². The van der Waals surface area contributed by atoms with Gasteiger partial charge in [-0.05, 0) is 0 Å². The summed E-state index contributed by atoms with van der Waals surface area (Å²) in [6, 6.07) is 0. The minimum Gasteiger partial charge on any atom is -0.475 e. The van der Waals surface area contributed by atoms with Gasteiger partial charge in [0.1, 0.15) is 6.61 Å². The van der Waals surface area contributed by atoms with Gasteiger partial charge in [0.05, 0.1) is 0 Å². The molecule has 0 amide bonds. The maximum Gasteiger partial charge on any atom is 0.375 e. The molecule has 0 aliphatic rings. The van der Waals surface area contributed by atoms with Gasteiger partial charge in [0.25, 0.3) is 5.82 Å². The minimum absolute atomic E-state index is 0.236. The summed E-state index contributed by atoms with van der Waals surface area (Å²) in [5, 5.41) is 14.2. The Balaban J connectivity index is 2.73. The molecule has 0 aliphatic carbocycles. The number of methoxy groups -OCH3 is 1. The fourth-order valence-electron chi connectivity index (χ4n) is 0.592. The van der Waals surface area contributed by atoms with Crippen molar-refractivity contribution in [3.05, 3.63) is 11.6 Å². The second kappa shape index (κ2) is 3.11. The Hall–Kier alpha value is -1.43. The average molecular weight is 157 g/mol. The number of hydrogen-bond donors (Lipinski definition) is 2. The molecule has 2 N–H and O–H groups in total. The summed E-state index contributed by atoms with van der Waals surface area (Å²) >= 11 is 0. The summed E-state index contributed by atoms with van der Waals surface area (Å²) in [5.74, 6) is -0.981. The number of nitrogens with zero attached hydrogens (tertiary/aromatic N) is 2. The summed E-state index contributed by atoms with van der Waals surface area (Å²) in [6.45, 7) is 0.236. The molecule has 60 valence electrons. The number of H-pyrrole nitrogens is 1. The van der Waals surface area contributed by atoms with Gasteiger partial charge in [0.15, 0.2) is 5.82 Å². The van der Waals surface area contributed by atoms with Crippen LogP contribution in [0.5, 0.6) is 0 Å². The van der Waals surface area contributed by atoms with Crippen LogP contribution in [0.25, 0.3) is 0 Å². The van der Waals surface area contributed by atoms with Gasteiger partial charge in [-0.1, -0.05) is 0 Å². The van der Waals surface area contributed by atoms with Gasteiger partial charge < -0.3 is 9.84 Å². The van der Waals surface area contributed by atoms with Crippen molar-refractivity contribution in [3.63, 3.8) is 0 Å². The Labute approximate surface area is 62.2 Å². The largest absolute Gasteiger partial charge is 0.475 e. The molecular weight excluding hydrogens is 150 g/mol. The van der Waals surface area contributed by atoms with E-state index in [-0.39, 0.29) is 12.4 Å². The minimum atomic E-state index is -1.15. The molecule has 0 fully saturated rings. The van der Waals surface area contributed by atoms with Crippen molar-refractivity contribution in [2.45, 2.75) is 6.61 Å². The third-order valence-electron chi connectivity index (χ3n) is 1.00. The van der Waals surface area contributed by atoms with E-state index in [9.17, 15) is 4.79 Å². The molecule has 0 spiro atoms. The van der Waals surface area contributed by atoms with Crippen LogP contribution in [-0.2, 0) is 11.3 Å². The van der Waals surface area contributed by atoms with E-state index in [1.165, 1.54) is 7.11 Å². The Morgan fingerprint density at radius 3 is 3.00 bits per heavy atom. The molecule has 0 aromatic carbocycles. The molecule has 0 unspecified atom stereocenters. The number of aromatic nitrogens is 3. The number of carboxylic acid groups (broad SMARTS) is 1. The number of aromatic carboxylic acids is 1. The lowest BCUT2D eigenvalue weighted by molar-refractivity contribution is 0.0683. The highest BCUT2D eigenvalue weighted by molar-refractivity contribution is 5.82. The number of rotatable bonds is 3. The fourth-order valence-corrected chi connectivity index (χ4v) is 0.592. The topological polar surface area (TPSA) is 88.1 Å². The molecule has 1 aromatic rings. The lowest BCUT2D eigenvalue weighted by Gasteiger charge is -1.88. The van der Waals surface area contributed by atoms with Gasteiger partial charge >= 0.3 is 5.97 Å². The van der Waals surface area contributed by atoms with Gasteiger partial charge in [0, 0.05) is 7.11 Å². The standard InChI is InChI=1S/C5H7N3O3/c1-11-2-3-6-4(5(9)10)8-7-3/h2H2,1H3,(H,9,10)(H,6,7,8). The van der Waals surface area contributed by atoms with E-state index in [0.717, 1.165) is 0 Å². The molecule has 0 bridgehead atoms. The molecule has 0 aliphatic heterocycles. The summed E-state index contributed by atoms with van der Waals surface area (Å²) in [6.07, 6.45) is 0. The van der Waals surface area contributed by atoms with Crippen LogP contribution in [-0.4, -0.2) is 33.4 Å². The van der Waals surface area contributed by atoms with E-state index in [2.05, 4.69) is 15.2 Å². The highest BCUT2D eigenvalue weighted by atomic mass is 16.5. The number of hydrogen-bond acceptors (Lipinski definition) is 4. The lowest BCUT2D eigenvalue weighted by Crippen LogP contribution is -1.98. The Bertz CT molecular complexity index is 257. The molecule has 0 radical (unpaired) electrons. The molecule has 1 heterocycles. The summed E-state index contributed by atoms with van der Waals surface area (Å²) in [7, 11) is 1.49. The van der Waals surface area contributed by atoms with E-state index < -0.39 is 5.97 Å². The summed E-state index contributed by atoms with van der Waals surface area (Å²) < 4.78 is 4.69. The molecular formula is C5H7N3O3. The maximum atomic E-state index is 10.2. The SMILES string of the molecule is COCc1nc(C(=O)O)n[nH]1. The number of carbonyl (C=O) groups is 1.